The number of rotatable bonds is 2. The topological polar surface area (TPSA) is 61.9 Å². The van der Waals surface area contributed by atoms with Crippen molar-refractivity contribution in [3.63, 3.8) is 0 Å². The van der Waals surface area contributed by atoms with Crippen LogP contribution in [0.3, 0.4) is 0 Å². The van der Waals surface area contributed by atoms with Gasteiger partial charge in [0.15, 0.2) is 7.51 Å². The first-order valence-corrected chi connectivity index (χ1v) is 5.73. The maximum atomic E-state index is 7.16. The van der Waals surface area contributed by atoms with Crippen LogP contribution in [0.5, 0.6) is 0 Å². The zero-order valence-corrected chi connectivity index (χ0v) is 11.0. The Morgan fingerprint density at radius 3 is 2.31 bits per heavy atom. The summed E-state index contributed by atoms with van der Waals surface area (Å²) in [6.07, 6.45) is 0. The third-order valence-corrected chi connectivity index (χ3v) is 3.21. The van der Waals surface area contributed by atoms with Crippen molar-refractivity contribution in [1.82, 2.24) is 5.32 Å². The predicted molar refractivity (Wildman–Crippen MR) is 71.2 cm³/mol. The molecule has 0 bridgehead atoms. The van der Waals surface area contributed by atoms with E-state index in [4.69, 9.17) is 11.1 Å². The van der Waals surface area contributed by atoms with Crippen LogP contribution in [0.4, 0.5) is 0 Å². The quantitative estimate of drug-likeness (QED) is 0.234. The van der Waals surface area contributed by atoms with Gasteiger partial charge in [-0.25, -0.2) is 0 Å². The average molecular weight is 401 g/mol. The highest BCUT2D eigenvalue weighted by Crippen LogP contribution is 2.35. The molecule has 0 aliphatic rings. The van der Waals surface area contributed by atoms with Crippen molar-refractivity contribution in [2.45, 2.75) is 1.55 Å². The minimum absolute atomic E-state index is 0.0207. The maximum absolute atomic E-state index is 7.16. The van der Waals surface area contributed by atoms with Gasteiger partial charge in [-0.15, -0.1) is 0 Å². The van der Waals surface area contributed by atoms with Gasteiger partial charge in [-0.2, -0.15) is 0 Å². The fraction of sp³-hybridized carbons (Fsp3) is 0.125. The van der Waals surface area contributed by atoms with E-state index >= 15 is 0 Å². The summed E-state index contributed by atoms with van der Waals surface area (Å²) in [4.78, 5) is 0. The number of halogens is 2. The number of benzene rings is 1. The normalized spacial score (nSPS) is 10.9. The molecule has 0 heterocycles. The third-order valence-electron chi connectivity index (χ3n) is 1.43. The zero-order valence-electron chi connectivity index (χ0n) is 6.72. The standard InChI is InChI=1S/C8H9I2N3/c9-8(10,13-7(11)12)6-4-2-1-3-5-6/h1-5H,(H4,11,12,13). The Morgan fingerprint density at radius 1 is 1.31 bits per heavy atom. The van der Waals surface area contributed by atoms with Gasteiger partial charge < -0.3 is 11.1 Å². The Morgan fingerprint density at radius 2 is 1.85 bits per heavy atom. The molecule has 0 spiro atoms. The first kappa shape index (κ1) is 11.0. The van der Waals surface area contributed by atoms with E-state index in [0.29, 0.717) is 0 Å². The second kappa shape index (κ2) is 4.45. The van der Waals surface area contributed by atoms with Crippen LogP contribution in [0.15, 0.2) is 30.3 Å². The van der Waals surface area contributed by atoms with Crippen LogP contribution in [-0.2, 0) is 1.55 Å². The first-order valence-electron chi connectivity index (χ1n) is 3.58. The Labute approximate surface area is 104 Å². The number of hydrogen-bond acceptors (Lipinski definition) is 1. The van der Waals surface area contributed by atoms with Crippen molar-refractivity contribution in [2.24, 2.45) is 5.73 Å². The van der Waals surface area contributed by atoms with E-state index in [-0.39, 0.29) is 7.51 Å². The Kier molecular flexibility index (Phi) is 3.77. The summed E-state index contributed by atoms with van der Waals surface area (Å²) in [6.45, 7) is 0. The smallest absolute Gasteiger partial charge is 0.187 e. The lowest BCUT2D eigenvalue weighted by atomic mass is 10.2. The molecule has 1 aromatic rings. The van der Waals surface area contributed by atoms with E-state index in [0.717, 1.165) is 5.56 Å². The molecule has 0 unspecified atom stereocenters. The summed E-state index contributed by atoms with van der Waals surface area (Å²) in [5.74, 6) is -0.0207. The lowest BCUT2D eigenvalue weighted by Gasteiger charge is -2.22. The molecule has 0 fully saturated rings. The molecule has 0 aliphatic carbocycles. The highest BCUT2D eigenvalue weighted by molar-refractivity contribution is 14.2. The van der Waals surface area contributed by atoms with Gasteiger partial charge in [-0.05, 0) is 50.7 Å². The van der Waals surface area contributed by atoms with Crippen LogP contribution in [0, 0.1) is 5.41 Å². The molecule has 1 rings (SSSR count). The van der Waals surface area contributed by atoms with Crippen molar-refractivity contribution in [3.8, 4) is 0 Å². The Balaban J connectivity index is 2.87. The van der Waals surface area contributed by atoms with Crippen LogP contribution in [-0.4, -0.2) is 5.96 Å². The molecule has 0 aliphatic heterocycles. The first-order chi connectivity index (χ1) is 6.02. The summed E-state index contributed by atoms with van der Waals surface area (Å²) in [5, 5.41) is 10.0. The number of alkyl halides is 2. The monoisotopic (exact) mass is 401 g/mol. The van der Waals surface area contributed by atoms with Crippen molar-refractivity contribution >= 4 is 51.1 Å². The molecule has 0 radical (unpaired) electrons. The minimum Gasteiger partial charge on any atom is -0.370 e. The lowest BCUT2D eigenvalue weighted by Crippen LogP contribution is -2.40. The molecule has 3 nitrogen and oxygen atoms in total. The molecule has 4 N–H and O–H groups in total. The van der Waals surface area contributed by atoms with Crippen molar-refractivity contribution in [1.29, 1.82) is 5.41 Å². The van der Waals surface area contributed by atoms with Crippen LogP contribution in [0.25, 0.3) is 0 Å². The molecule has 0 atom stereocenters. The second-order valence-electron chi connectivity index (χ2n) is 2.48. The highest BCUT2D eigenvalue weighted by Gasteiger charge is 2.24. The van der Waals surface area contributed by atoms with Crippen molar-refractivity contribution in [2.75, 3.05) is 0 Å². The van der Waals surface area contributed by atoms with Crippen LogP contribution < -0.4 is 11.1 Å². The van der Waals surface area contributed by atoms with E-state index in [1.165, 1.54) is 0 Å². The Bertz CT molecular complexity index is 298. The van der Waals surface area contributed by atoms with E-state index in [1.54, 1.807) is 0 Å². The van der Waals surface area contributed by atoms with Gasteiger partial charge >= 0.3 is 0 Å². The molecular formula is C8H9I2N3. The fourth-order valence-corrected chi connectivity index (χ4v) is 2.19. The molecule has 70 valence electrons. The van der Waals surface area contributed by atoms with Gasteiger partial charge in [-0.1, -0.05) is 30.3 Å². The third kappa shape index (κ3) is 3.29. The van der Waals surface area contributed by atoms with Gasteiger partial charge in [0, 0.05) is 0 Å². The molecule has 13 heavy (non-hydrogen) atoms. The average Bonchev–Trinajstić information content (AvgIpc) is 2.04. The summed E-state index contributed by atoms with van der Waals surface area (Å²) in [5.41, 5.74) is 6.37. The van der Waals surface area contributed by atoms with Gasteiger partial charge in [0.25, 0.3) is 0 Å². The molecule has 0 aromatic heterocycles. The van der Waals surface area contributed by atoms with Crippen molar-refractivity contribution in [3.05, 3.63) is 35.9 Å². The summed E-state index contributed by atoms with van der Waals surface area (Å²) >= 11 is 4.42. The summed E-state index contributed by atoms with van der Waals surface area (Å²) < 4.78 is -0.345. The SMILES string of the molecule is N=C(N)NC(I)(I)c1ccccc1. The van der Waals surface area contributed by atoms with Crippen LogP contribution in [0.2, 0.25) is 0 Å². The lowest BCUT2D eigenvalue weighted by molar-refractivity contribution is 0.874. The summed E-state index contributed by atoms with van der Waals surface area (Å²) in [7, 11) is 0. The molecule has 0 saturated carbocycles. The van der Waals surface area contributed by atoms with E-state index in [9.17, 15) is 0 Å². The number of guanidine groups is 1. The molecular weight excluding hydrogens is 392 g/mol. The largest absolute Gasteiger partial charge is 0.370 e. The van der Waals surface area contributed by atoms with Gasteiger partial charge in [0.2, 0.25) is 0 Å². The Hall–Kier alpha value is -0.0500. The highest BCUT2D eigenvalue weighted by atomic mass is 127. The van der Waals surface area contributed by atoms with Gasteiger partial charge in [0.1, 0.15) is 0 Å². The predicted octanol–water partition coefficient (Wildman–Crippen LogP) is 2.15. The number of hydrogen-bond donors (Lipinski definition) is 3. The fourth-order valence-electron chi connectivity index (χ4n) is 0.889. The summed E-state index contributed by atoms with van der Waals surface area (Å²) in [6, 6.07) is 9.87. The number of nitrogens with two attached hydrogens (primary N) is 1. The molecule has 0 saturated heterocycles. The van der Waals surface area contributed by atoms with E-state index in [1.807, 2.05) is 30.3 Å². The van der Waals surface area contributed by atoms with Crippen LogP contribution in [0.1, 0.15) is 5.56 Å². The zero-order chi connectivity index (χ0) is 9.90. The van der Waals surface area contributed by atoms with Gasteiger partial charge in [-0.3, -0.25) is 5.41 Å². The molecule has 0 amide bonds. The molecule has 5 heteroatoms. The van der Waals surface area contributed by atoms with Gasteiger partial charge in [0.05, 0.1) is 0 Å². The minimum atomic E-state index is -0.345. The van der Waals surface area contributed by atoms with Crippen molar-refractivity contribution < 1.29 is 0 Å². The number of nitrogens with one attached hydrogen (secondary N) is 2. The van der Waals surface area contributed by atoms with Crippen LogP contribution >= 0.6 is 45.2 Å². The van der Waals surface area contributed by atoms with E-state index < -0.39 is 0 Å². The van der Waals surface area contributed by atoms with E-state index in [2.05, 4.69) is 50.5 Å². The second-order valence-corrected chi connectivity index (χ2v) is 7.78. The maximum Gasteiger partial charge on any atom is 0.187 e. The molecule has 1 aromatic carbocycles.